The lowest BCUT2D eigenvalue weighted by atomic mass is 9.72. The molecule has 0 spiro atoms. The molecule has 0 rings (SSSR count). The zero-order valence-corrected chi connectivity index (χ0v) is 15.5. The van der Waals surface area contributed by atoms with E-state index >= 15 is 0 Å². The van der Waals surface area contributed by atoms with Crippen molar-refractivity contribution < 1.29 is 0 Å². The highest BCUT2D eigenvalue weighted by Gasteiger charge is 2.26. The van der Waals surface area contributed by atoms with Crippen molar-refractivity contribution in [3.63, 3.8) is 0 Å². The van der Waals surface area contributed by atoms with Gasteiger partial charge in [0.15, 0.2) is 0 Å². The Kier molecular flexibility index (Phi) is 11.6. The summed E-state index contributed by atoms with van der Waals surface area (Å²) in [5, 5.41) is 0. The molecule has 0 nitrogen and oxygen atoms in total. The molecule has 20 heavy (non-hydrogen) atoms. The van der Waals surface area contributed by atoms with Gasteiger partial charge in [0.05, 0.1) is 0 Å². The highest BCUT2D eigenvalue weighted by molar-refractivity contribution is 4.76. The van der Waals surface area contributed by atoms with Gasteiger partial charge in [-0.05, 0) is 42.4 Å². The van der Waals surface area contributed by atoms with Crippen molar-refractivity contribution in [2.45, 2.75) is 99.8 Å². The largest absolute Gasteiger partial charge is 0.0654 e. The lowest BCUT2D eigenvalue weighted by Crippen LogP contribution is -2.23. The number of hydrogen-bond donors (Lipinski definition) is 0. The van der Waals surface area contributed by atoms with Gasteiger partial charge in [0.1, 0.15) is 0 Å². The van der Waals surface area contributed by atoms with E-state index in [9.17, 15) is 0 Å². The third kappa shape index (κ3) is 7.70. The standard InChI is InChI=1S/C20H42/c1-8-12-18(11-4)20(14-16(5)6)15-19(13-9-2)17(7)10-3/h16-20H,8-15H2,1-7H3. The Labute approximate surface area is 130 Å². The SMILES string of the molecule is CCCC(CC(CC(C)C)C(CC)CCC)C(C)CC. The lowest BCUT2D eigenvalue weighted by molar-refractivity contribution is 0.175. The van der Waals surface area contributed by atoms with Crippen LogP contribution in [0.2, 0.25) is 0 Å². The summed E-state index contributed by atoms with van der Waals surface area (Å²) < 4.78 is 0. The van der Waals surface area contributed by atoms with Crippen LogP contribution in [0.25, 0.3) is 0 Å². The predicted molar refractivity (Wildman–Crippen MR) is 94.1 cm³/mol. The van der Waals surface area contributed by atoms with Crippen molar-refractivity contribution in [1.82, 2.24) is 0 Å². The van der Waals surface area contributed by atoms with Crippen LogP contribution in [0.3, 0.4) is 0 Å². The van der Waals surface area contributed by atoms with E-state index in [1.165, 1.54) is 51.4 Å². The van der Waals surface area contributed by atoms with E-state index in [0.29, 0.717) is 0 Å². The van der Waals surface area contributed by atoms with E-state index in [2.05, 4.69) is 48.5 Å². The maximum absolute atomic E-state index is 2.48. The Morgan fingerprint density at radius 1 is 0.600 bits per heavy atom. The summed E-state index contributed by atoms with van der Waals surface area (Å²) in [6.07, 6.45) is 11.2. The van der Waals surface area contributed by atoms with Crippen molar-refractivity contribution in [2.75, 3.05) is 0 Å². The van der Waals surface area contributed by atoms with E-state index in [4.69, 9.17) is 0 Å². The fourth-order valence-corrected chi connectivity index (χ4v) is 3.96. The monoisotopic (exact) mass is 282 g/mol. The van der Waals surface area contributed by atoms with Crippen LogP contribution in [-0.2, 0) is 0 Å². The Morgan fingerprint density at radius 3 is 1.55 bits per heavy atom. The van der Waals surface area contributed by atoms with Gasteiger partial charge < -0.3 is 0 Å². The van der Waals surface area contributed by atoms with Crippen LogP contribution in [0.15, 0.2) is 0 Å². The third-order valence-electron chi connectivity index (χ3n) is 5.34. The van der Waals surface area contributed by atoms with Gasteiger partial charge in [-0.2, -0.15) is 0 Å². The van der Waals surface area contributed by atoms with Gasteiger partial charge in [0.25, 0.3) is 0 Å². The van der Waals surface area contributed by atoms with E-state index in [0.717, 1.165) is 29.6 Å². The normalized spacial score (nSPS) is 18.0. The molecule has 0 saturated heterocycles. The molecule has 0 heterocycles. The van der Waals surface area contributed by atoms with Crippen molar-refractivity contribution >= 4 is 0 Å². The highest BCUT2D eigenvalue weighted by Crippen LogP contribution is 2.36. The van der Waals surface area contributed by atoms with Gasteiger partial charge in [-0.3, -0.25) is 0 Å². The molecule has 0 bridgehead atoms. The molecule has 122 valence electrons. The predicted octanol–water partition coefficient (Wildman–Crippen LogP) is 7.33. The average Bonchev–Trinajstić information content (AvgIpc) is 2.42. The van der Waals surface area contributed by atoms with Crippen LogP contribution in [0, 0.1) is 29.6 Å². The van der Waals surface area contributed by atoms with Crippen LogP contribution in [-0.4, -0.2) is 0 Å². The molecule has 0 aromatic carbocycles. The molecule has 0 saturated carbocycles. The van der Waals surface area contributed by atoms with Crippen molar-refractivity contribution in [3.05, 3.63) is 0 Å². The summed E-state index contributed by atoms with van der Waals surface area (Å²) >= 11 is 0. The van der Waals surface area contributed by atoms with Gasteiger partial charge in [-0.15, -0.1) is 0 Å². The van der Waals surface area contributed by atoms with Crippen LogP contribution < -0.4 is 0 Å². The molecular formula is C20H42. The van der Waals surface area contributed by atoms with E-state index < -0.39 is 0 Å². The Bertz CT molecular complexity index is 206. The summed E-state index contributed by atoms with van der Waals surface area (Å²) in [7, 11) is 0. The fourth-order valence-electron chi connectivity index (χ4n) is 3.96. The smallest absolute Gasteiger partial charge is 0.0381 e. The van der Waals surface area contributed by atoms with Gasteiger partial charge in [-0.25, -0.2) is 0 Å². The minimum Gasteiger partial charge on any atom is -0.0654 e. The third-order valence-corrected chi connectivity index (χ3v) is 5.34. The molecule has 0 aliphatic heterocycles. The fraction of sp³-hybridized carbons (Fsp3) is 1.00. The summed E-state index contributed by atoms with van der Waals surface area (Å²) in [4.78, 5) is 0. The molecule has 0 aromatic rings. The summed E-state index contributed by atoms with van der Waals surface area (Å²) in [5.41, 5.74) is 0. The summed E-state index contributed by atoms with van der Waals surface area (Å²) in [6.45, 7) is 16.8. The first-order chi connectivity index (χ1) is 9.49. The van der Waals surface area contributed by atoms with E-state index in [1.807, 2.05) is 0 Å². The molecule has 4 unspecified atom stereocenters. The summed E-state index contributed by atoms with van der Waals surface area (Å²) in [6, 6.07) is 0. The maximum Gasteiger partial charge on any atom is -0.0381 e. The van der Waals surface area contributed by atoms with Crippen LogP contribution in [0.4, 0.5) is 0 Å². The second kappa shape index (κ2) is 11.6. The Balaban J connectivity index is 4.80. The van der Waals surface area contributed by atoms with E-state index in [-0.39, 0.29) is 0 Å². The van der Waals surface area contributed by atoms with E-state index in [1.54, 1.807) is 0 Å². The Morgan fingerprint density at radius 2 is 1.15 bits per heavy atom. The zero-order valence-electron chi connectivity index (χ0n) is 15.5. The molecular weight excluding hydrogens is 240 g/mol. The minimum atomic E-state index is 0.852. The zero-order chi connectivity index (χ0) is 15.5. The molecule has 0 fully saturated rings. The molecule has 0 aliphatic rings. The molecule has 0 aromatic heterocycles. The number of hydrogen-bond acceptors (Lipinski definition) is 0. The van der Waals surface area contributed by atoms with Crippen LogP contribution in [0.5, 0.6) is 0 Å². The first-order valence-electron chi connectivity index (χ1n) is 9.49. The van der Waals surface area contributed by atoms with Crippen LogP contribution in [0.1, 0.15) is 99.8 Å². The molecule has 0 heteroatoms. The van der Waals surface area contributed by atoms with Gasteiger partial charge in [-0.1, -0.05) is 87.0 Å². The first-order valence-corrected chi connectivity index (χ1v) is 9.49. The number of rotatable bonds is 12. The van der Waals surface area contributed by atoms with Crippen molar-refractivity contribution in [2.24, 2.45) is 29.6 Å². The molecule has 0 amide bonds. The van der Waals surface area contributed by atoms with Crippen molar-refractivity contribution in [3.8, 4) is 0 Å². The topological polar surface area (TPSA) is 0 Å². The maximum atomic E-state index is 2.48. The highest BCUT2D eigenvalue weighted by atomic mass is 14.3. The van der Waals surface area contributed by atoms with Gasteiger partial charge >= 0.3 is 0 Å². The molecule has 0 N–H and O–H groups in total. The molecule has 4 atom stereocenters. The second-order valence-corrected chi connectivity index (χ2v) is 7.52. The summed E-state index contributed by atoms with van der Waals surface area (Å²) in [5.74, 6) is 4.64. The minimum absolute atomic E-state index is 0.852. The lowest BCUT2D eigenvalue weighted by Gasteiger charge is -2.33. The average molecular weight is 283 g/mol. The second-order valence-electron chi connectivity index (χ2n) is 7.52. The first kappa shape index (κ1) is 20.0. The van der Waals surface area contributed by atoms with Crippen molar-refractivity contribution in [1.29, 1.82) is 0 Å². The molecule has 0 radical (unpaired) electrons. The quantitative estimate of drug-likeness (QED) is 0.351. The van der Waals surface area contributed by atoms with Crippen LogP contribution >= 0.6 is 0 Å². The van der Waals surface area contributed by atoms with Gasteiger partial charge in [0.2, 0.25) is 0 Å². The molecule has 0 aliphatic carbocycles. The van der Waals surface area contributed by atoms with Gasteiger partial charge in [0, 0.05) is 0 Å². The Hall–Kier alpha value is 0.